The number of nitrogens with zero attached hydrogens (tertiary/aromatic N) is 6. The zero-order valence-electron chi connectivity index (χ0n) is 22.0. The molecule has 0 bridgehead atoms. The van der Waals surface area contributed by atoms with Gasteiger partial charge in [0.25, 0.3) is 5.91 Å². The van der Waals surface area contributed by atoms with Crippen molar-refractivity contribution in [2.45, 2.75) is 31.1 Å². The number of nitrogens with one attached hydrogen (secondary N) is 3. The number of hydrogen-bond acceptors (Lipinski definition) is 7. The smallest absolute Gasteiger partial charge is 0.337 e. The molecule has 1 aromatic carbocycles. The number of H-pyrrole nitrogens is 1. The first-order chi connectivity index (χ1) is 20.1. The highest BCUT2D eigenvalue weighted by atomic mass is 35.5. The quantitative estimate of drug-likeness (QED) is 0.273. The van der Waals surface area contributed by atoms with E-state index in [9.17, 15) is 22.8 Å². The number of fused-ring (bicyclic) bond motifs is 1. The molecule has 0 spiro atoms. The number of alkyl halides is 3. The van der Waals surface area contributed by atoms with Crippen molar-refractivity contribution < 1.29 is 22.8 Å². The second-order valence-electron chi connectivity index (χ2n) is 10.2. The zero-order chi connectivity index (χ0) is 29.6. The van der Waals surface area contributed by atoms with E-state index in [0.29, 0.717) is 37.4 Å². The van der Waals surface area contributed by atoms with Crippen LogP contribution in [-0.2, 0) is 6.18 Å². The first-order valence-electron chi connectivity index (χ1n) is 13.2. The lowest BCUT2D eigenvalue weighted by molar-refractivity contribution is -0.140. The third kappa shape index (κ3) is 5.32. The van der Waals surface area contributed by atoms with Crippen molar-refractivity contribution in [2.24, 2.45) is 5.73 Å². The molecule has 220 valence electrons. The lowest BCUT2D eigenvalue weighted by Gasteiger charge is -2.38. The topological polar surface area (TPSA) is 150 Å². The van der Waals surface area contributed by atoms with Crippen molar-refractivity contribution in [3.05, 3.63) is 59.3 Å². The van der Waals surface area contributed by atoms with Crippen LogP contribution in [-0.4, -0.2) is 84.6 Å². The molecule has 1 saturated carbocycles. The predicted molar refractivity (Wildman–Crippen MR) is 147 cm³/mol. The summed E-state index contributed by atoms with van der Waals surface area (Å²) < 4.78 is 41.7. The largest absolute Gasteiger partial charge is 0.433 e. The highest BCUT2D eigenvalue weighted by Crippen LogP contribution is 2.36. The number of urea groups is 1. The molecule has 0 atom stereocenters. The Morgan fingerprint density at radius 3 is 2.50 bits per heavy atom. The van der Waals surface area contributed by atoms with E-state index in [1.165, 1.54) is 23.0 Å². The molecule has 5 N–H and O–H groups in total. The number of carbonyl (C=O) groups is 2. The molecule has 4 aromatic rings. The highest BCUT2D eigenvalue weighted by Gasteiger charge is 2.37. The summed E-state index contributed by atoms with van der Waals surface area (Å²) in [5.41, 5.74) is 5.91. The van der Waals surface area contributed by atoms with Gasteiger partial charge in [-0.2, -0.15) is 18.3 Å². The summed E-state index contributed by atoms with van der Waals surface area (Å²) in [5, 5.41) is 11.8. The minimum Gasteiger partial charge on any atom is -0.337 e. The van der Waals surface area contributed by atoms with Crippen LogP contribution in [0.1, 0.15) is 28.9 Å². The molecule has 1 aliphatic heterocycles. The summed E-state index contributed by atoms with van der Waals surface area (Å²) in [6, 6.07) is 4.90. The fourth-order valence-electron chi connectivity index (χ4n) is 5.13. The Morgan fingerprint density at radius 2 is 1.81 bits per heavy atom. The maximum Gasteiger partial charge on any atom is 0.433 e. The van der Waals surface area contributed by atoms with E-state index in [-0.39, 0.29) is 51.8 Å². The van der Waals surface area contributed by atoms with Crippen LogP contribution in [0.15, 0.2) is 43.0 Å². The lowest BCUT2D eigenvalue weighted by Crippen LogP contribution is -2.57. The Kier molecular flexibility index (Phi) is 7.14. The average Bonchev–Trinajstić information content (AvgIpc) is 3.60. The number of amides is 3. The molecule has 3 amide bonds. The molecule has 4 heterocycles. The highest BCUT2D eigenvalue weighted by molar-refractivity contribution is 6.34. The first-order valence-corrected chi connectivity index (χ1v) is 13.6. The summed E-state index contributed by atoms with van der Waals surface area (Å²) in [7, 11) is 0. The number of nitrogens with two attached hydrogens (primary N) is 1. The van der Waals surface area contributed by atoms with Crippen LogP contribution < -0.4 is 16.4 Å². The number of halogens is 4. The third-order valence-electron chi connectivity index (χ3n) is 7.45. The van der Waals surface area contributed by atoms with Crippen LogP contribution in [0.5, 0.6) is 0 Å². The molecule has 3 aromatic heterocycles. The summed E-state index contributed by atoms with van der Waals surface area (Å²) in [6.07, 6.45) is 2.25. The Hall–Kier alpha value is -4.37. The normalized spacial score (nSPS) is 19.1. The number of rotatable bonds is 5. The summed E-state index contributed by atoms with van der Waals surface area (Å²) in [5.74, 6) is 0.0181. The van der Waals surface area contributed by atoms with Crippen LogP contribution in [0.25, 0.3) is 16.9 Å². The predicted octanol–water partition coefficient (Wildman–Crippen LogP) is 3.49. The maximum atomic E-state index is 13.4. The molecule has 12 nitrogen and oxygen atoms in total. The van der Waals surface area contributed by atoms with Crippen LogP contribution in [0.4, 0.5) is 29.5 Å². The van der Waals surface area contributed by atoms with Gasteiger partial charge in [-0.15, -0.1) is 0 Å². The molecule has 1 aliphatic carbocycles. The van der Waals surface area contributed by atoms with Gasteiger partial charge >= 0.3 is 12.2 Å². The van der Waals surface area contributed by atoms with E-state index >= 15 is 0 Å². The van der Waals surface area contributed by atoms with E-state index in [4.69, 9.17) is 17.3 Å². The van der Waals surface area contributed by atoms with Gasteiger partial charge in [0, 0.05) is 56.3 Å². The second kappa shape index (κ2) is 10.8. The van der Waals surface area contributed by atoms with Crippen molar-refractivity contribution in [1.29, 1.82) is 0 Å². The number of benzene rings is 1. The number of aromatic nitrogens is 5. The standard InChI is InChI=1S/C26H26ClF3N10O2/c27-19-11-15(1-2-17(19)24(41)38-5-7-39(8-6-38)25(42)36-16-9-14(31)10-16)35-22-23-33-13-20(40(23)4-3-32-22)18-12-34-37-21(18)26(28,29)30/h1-4,11-14,16H,5-10,31H2,(H,32,35)(H,34,37)(H,36,42). The van der Waals surface area contributed by atoms with Crippen molar-refractivity contribution in [1.82, 2.24) is 39.7 Å². The number of imidazole rings is 1. The minimum absolute atomic E-state index is 0.106. The van der Waals surface area contributed by atoms with E-state index in [2.05, 4.69) is 25.7 Å². The molecular formula is C26H26ClF3N10O2. The van der Waals surface area contributed by atoms with Gasteiger partial charge in [0.05, 0.1) is 34.2 Å². The molecule has 0 unspecified atom stereocenters. The molecule has 2 fully saturated rings. The van der Waals surface area contributed by atoms with Gasteiger partial charge in [0.2, 0.25) is 0 Å². The minimum atomic E-state index is -4.62. The van der Waals surface area contributed by atoms with Gasteiger partial charge < -0.3 is 26.2 Å². The SMILES string of the molecule is NC1CC(NC(=O)N2CCN(C(=O)c3ccc(Nc4nccn5c(-c6cn[nH]c6C(F)(F)F)cnc45)cc3Cl)CC2)C1. The maximum absolute atomic E-state index is 13.4. The first kappa shape index (κ1) is 27.8. The zero-order valence-corrected chi connectivity index (χ0v) is 22.8. The molecule has 1 saturated heterocycles. The van der Waals surface area contributed by atoms with Gasteiger partial charge in [-0.25, -0.2) is 14.8 Å². The summed E-state index contributed by atoms with van der Waals surface area (Å²) in [4.78, 5) is 37.6. The lowest BCUT2D eigenvalue weighted by atomic mass is 9.88. The fraction of sp³-hybridized carbons (Fsp3) is 0.346. The molecule has 2 aliphatic rings. The monoisotopic (exact) mass is 602 g/mol. The fourth-order valence-corrected chi connectivity index (χ4v) is 5.40. The van der Waals surface area contributed by atoms with Crippen LogP contribution >= 0.6 is 11.6 Å². The van der Waals surface area contributed by atoms with Crippen LogP contribution in [0.3, 0.4) is 0 Å². The van der Waals surface area contributed by atoms with Crippen molar-refractivity contribution >= 4 is 40.7 Å². The third-order valence-corrected chi connectivity index (χ3v) is 7.76. The van der Waals surface area contributed by atoms with E-state index in [1.54, 1.807) is 28.0 Å². The van der Waals surface area contributed by atoms with Gasteiger partial charge in [-0.1, -0.05) is 11.6 Å². The van der Waals surface area contributed by atoms with E-state index < -0.39 is 11.9 Å². The average molecular weight is 603 g/mol. The number of anilines is 2. The van der Waals surface area contributed by atoms with Crippen molar-refractivity contribution in [2.75, 3.05) is 31.5 Å². The number of carbonyl (C=O) groups excluding carboxylic acids is 2. The number of hydrogen-bond donors (Lipinski definition) is 4. The van der Waals surface area contributed by atoms with Gasteiger partial charge in [-0.3, -0.25) is 14.3 Å². The van der Waals surface area contributed by atoms with Gasteiger partial charge in [0.1, 0.15) is 5.69 Å². The molecule has 16 heteroatoms. The van der Waals surface area contributed by atoms with E-state index in [1.807, 2.05) is 5.10 Å². The Morgan fingerprint density at radius 1 is 1.07 bits per heavy atom. The van der Waals surface area contributed by atoms with E-state index in [0.717, 1.165) is 19.0 Å². The summed E-state index contributed by atoms with van der Waals surface area (Å²) in [6.45, 7) is 1.54. The number of aromatic amines is 1. The van der Waals surface area contributed by atoms with Gasteiger partial charge in [0.15, 0.2) is 11.5 Å². The number of piperazine rings is 1. The van der Waals surface area contributed by atoms with Crippen LogP contribution in [0.2, 0.25) is 5.02 Å². The molecular weight excluding hydrogens is 577 g/mol. The molecule has 6 rings (SSSR count). The Balaban J connectivity index is 1.13. The van der Waals surface area contributed by atoms with Gasteiger partial charge in [-0.05, 0) is 31.0 Å². The Bertz CT molecular complexity index is 1640. The molecule has 42 heavy (non-hydrogen) atoms. The van der Waals surface area contributed by atoms with Crippen molar-refractivity contribution in [3.63, 3.8) is 0 Å². The second-order valence-corrected chi connectivity index (χ2v) is 10.7. The summed E-state index contributed by atoms with van der Waals surface area (Å²) >= 11 is 6.50. The van der Waals surface area contributed by atoms with Crippen LogP contribution in [0, 0.1) is 0 Å². The Labute approximate surface area is 242 Å². The van der Waals surface area contributed by atoms with Crippen molar-refractivity contribution in [3.8, 4) is 11.3 Å². The molecule has 0 radical (unpaired) electrons.